The van der Waals surface area contributed by atoms with Crippen LogP contribution in [0.2, 0.25) is 0 Å². The quantitative estimate of drug-likeness (QED) is 0.582. The standard InChI is InChI=1S/C20H15BrN2O6/c1-28-19(26)15-16(11-8-9-13(18(24)25)14(21)10-11)22-23(17(15)20(27)29-2)12-6-4-3-5-7-12/h3-10H,1-2H3,(H,24,25). The van der Waals surface area contributed by atoms with Crippen LogP contribution < -0.4 is 0 Å². The molecule has 0 saturated heterocycles. The van der Waals surface area contributed by atoms with E-state index in [2.05, 4.69) is 21.0 Å². The number of hydrogen-bond acceptors (Lipinski definition) is 6. The number of nitrogens with zero attached hydrogens (tertiary/aromatic N) is 2. The molecular weight excluding hydrogens is 444 g/mol. The highest BCUT2D eigenvalue weighted by Crippen LogP contribution is 2.31. The highest BCUT2D eigenvalue weighted by Gasteiger charge is 2.31. The summed E-state index contributed by atoms with van der Waals surface area (Å²) < 4.78 is 11.3. The molecule has 0 fully saturated rings. The van der Waals surface area contributed by atoms with E-state index in [1.165, 1.54) is 37.1 Å². The number of carbonyl (C=O) groups excluding carboxylic acids is 2. The Hall–Kier alpha value is -3.46. The largest absolute Gasteiger partial charge is 0.478 e. The summed E-state index contributed by atoms with van der Waals surface area (Å²) in [6.45, 7) is 0. The Kier molecular flexibility index (Phi) is 5.79. The van der Waals surface area contributed by atoms with Gasteiger partial charge in [-0.3, -0.25) is 0 Å². The van der Waals surface area contributed by atoms with Gasteiger partial charge >= 0.3 is 17.9 Å². The van der Waals surface area contributed by atoms with E-state index in [-0.39, 0.29) is 22.5 Å². The van der Waals surface area contributed by atoms with E-state index < -0.39 is 17.9 Å². The third-order valence-corrected chi connectivity index (χ3v) is 4.78. The first-order valence-corrected chi connectivity index (χ1v) is 9.06. The second-order valence-electron chi connectivity index (χ2n) is 5.80. The Bertz CT molecular complexity index is 1110. The van der Waals surface area contributed by atoms with Gasteiger partial charge in [0.25, 0.3) is 0 Å². The lowest BCUT2D eigenvalue weighted by atomic mass is 10.0. The van der Waals surface area contributed by atoms with E-state index in [0.717, 1.165) is 0 Å². The van der Waals surface area contributed by atoms with Crippen LogP contribution in [-0.2, 0) is 9.47 Å². The van der Waals surface area contributed by atoms with E-state index in [0.29, 0.717) is 15.7 Å². The van der Waals surface area contributed by atoms with Crippen LogP contribution in [0.3, 0.4) is 0 Å². The van der Waals surface area contributed by atoms with Gasteiger partial charge in [-0.15, -0.1) is 0 Å². The summed E-state index contributed by atoms with van der Waals surface area (Å²) >= 11 is 3.21. The zero-order valence-corrected chi connectivity index (χ0v) is 17.0. The summed E-state index contributed by atoms with van der Waals surface area (Å²) in [4.78, 5) is 36.4. The predicted octanol–water partition coefficient (Wildman–Crippen LogP) is 3.57. The van der Waals surface area contributed by atoms with Crippen molar-refractivity contribution in [2.24, 2.45) is 0 Å². The molecule has 3 rings (SSSR count). The lowest BCUT2D eigenvalue weighted by Gasteiger charge is -2.07. The molecular formula is C20H15BrN2O6. The van der Waals surface area contributed by atoms with E-state index in [1.54, 1.807) is 30.3 Å². The Morgan fingerprint density at radius 2 is 1.66 bits per heavy atom. The number of methoxy groups -OCH3 is 2. The minimum Gasteiger partial charge on any atom is -0.478 e. The minimum absolute atomic E-state index is 0.0454. The molecule has 1 heterocycles. The molecule has 0 amide bonds. The Morgan fingerprint density at radius 1 is 1.00 bits per heavy atom. The van der Waals surface area contributed by atoms with E-state index >= 15 is 0 Å². The number of halogens is 1. The molecule has 1 aromatic heterocycles. The average Bonchev–Trinajstić information content (AvgIpc) is 3.13. The Morgan fingerprint density at radius 3 is 2.21 bits per heavy atom. The molecule has 0 aliphatic carbocycles. The number of hydrogen-bond donors (Lipinski definition) is 1. The molecule has 0 atom stereocenters. The molecule has 0 aliphatic heterocycles. The van der Waals surface area contributed by atoms with Gasteiger partial charge in [-0.25, -0.2) is 19.1 Å². The van der Waals surface area contributed by atoms with Crippen LogP contribution in [-0.4, -0.2) is 47.0 Å². The molecule has 0 spiro atoms. The third kappa shape index (κ3) is 3.77. The van der Waals surface area contributed by atoms with Crippen molar-refractivity contribution in [3.8, 4) is 16.9 Å². The third-order valence-electron chi connectivity index (χ3n) is 4.13. The first-order chi connectivity index (χ1) is 13.9. The van der Waals surface area contributed by atoms with E-state index in [4.69, 9.17) is 9.47 Å². The molecule has 0 bridgehead atoms. The van der Waals surface area contributed by atoms with Crippen LogP contribution in [0.25, 0.3) is 16.9 Å². The summed E-state index contributed by atoms with van der Waals surface area (Å²) in [5, 5.41) is 13.7. The summed E-state index contributed by atoms with van der Waals surface area (Å²) in [5.74, 6) is -2.66. The number of rotatable bonds is 5. The van der Waals surface area contributed by atoms with Gasteiger partial charge in [0.15, 0.2) is 5.69 Å². The maximum absolute atomic E-state index is 12.6. The summed E-state index contributed by atoms with van der Waals surface area (Å²) in [7, 11) is 2.39. The topological polar surface area (TPSA) is 108 Å². The van der Waals surface area contributed by atoms with Crippen molar-refractivity contribution in [1.29, 1.82) is 0 Å². The first kappa shape index (κ1) is 20.3. The van der Waals surface area contributed by atoms with Crippen molar-refractivity contribution < 1.29 is 29.0 Å². The molecule has 3 aromatic rings. The van der Waals surface area contributed by atoms with Gasteiger partial charge < -0.3 is 14.6 Å². The van der Waals surface area contributed by atoms with Gasteiger partial charge in [-0.05, 0) is 40.2 Å². The lowest BCUT2D eigenvalue weighted by molar-refractivity contribution is 0.0549. The van der Waals surface area contributed by atoms with Crippen LogP contribution >= 0.6 is 15.9 Å². The number of benzene rings is 2. The molecule has 8 nitrogen and oxygen atoms in total. The number of ether oxygens (including phenoxy) is 2. The van der Waals surface area contributed by atoms with Crippen molar-refractivity contribution >= 4 is 33.8 Å². The molecule has 0 unspecified atom stereocenters. The van der Waals surface area contributed by atoms with Crippen molar-refractivity contribution in [2.75, 3.05) is 14.2 Å². The summed E-state index contributed by atoms with van der Waals surface area (Å²) in [6, 6.07) is 13.1. The second kappa shape index (κ2) is 8.27. The molecule has 0 aliphatic rings. The minimum atomic E-state index is -1.11. The van der Waals surface area contributed by atoms with E-state index in [9.17, 15) is 19.5 Å². The zero-order chi connectivity index (χ0) is 21.1. The molecule has 2 aromatic carbocycles. The number of aromatic carboxylic acids is 1. The summed E-state index contributed by atoms with van der Waals surface area (Å²) in [5.41, 5.74) is 0.965. The number of para-hydroxylation sites is 1. The zero-order valence-electron chi connectivity index (χ0n) is 15.4. The molecule has 29 heavy (non-hydrogen) atoms. The first-order valence-electron chi connectivity index (χ1n) is 8.27. The van der Waals surface area contributed by atoms with Crippen LogP contribution in [0.1, 0.15) is 31.2 Å². The van der Waals surface area contributed by atoms with Crippen LogP contribution in [0.5, 0.6) is 0 Å². The molecule has 9 heteroatoms. The number of carboxylic acid groups (broad SMARTS) is 1. The lowest BCUT2D eigenvalue weighted by Crippen LogP contribution is -2.15. The van der Waals surface area contributed by atoms with Crippen LogP contribution in [0.15, 0.2) is 53.0 Å². The number of carbonyl (C=O) groups is 3. The summed E-state index contributed by atoms with van der Waals surface area (Å²) in [6.07, 6.45) is 0. The van der Waals surface area contributed by atoms with Gasteiger partial charge in [-0.1, -0.05) is 24.3 Å². The number of carboxylic acids is 1. The molecule has 1 N–H and O–H groups in total. The van der Waals surface area contributed by atoms with Crippen molar-refractivity contribution in [1.82, 2.24) is 9.78 Å². The fourth-order valence-corrected chi connectivity index (χ4v) is 3.34. The van der Waals surface area contributed by atoms with Gasteiger partial charge in [-0.2, -0.15) is 5.10 Å². The average molecular weight is 459 g/mol. The van der Waals surface area contributed by atoms with Gasteiger partial charge in [0.05, 0.1) is 25.5 Å². The van der Waals surface area contributed by atoms with Crippen LogP contribution in [0, 0.1) is 0 Å². The monoisotopic (exact) mass is 458 g/mol. The maximum Gasteiger partial charge on any atom is 0.357 e. The number of aromatic nitrogens is 2. The van der Waals surface area contributed by atoms with Gasteiger partial charge in [0.1, 0.15) is 11.3 Å². The van der Waals surface area contributed by atoms with Crippen molar-refractivity contribution in [2.45, 2.75) is 0 Å². The van der Waals surface area contributed by atoms with Gasteiger partial charge in [0, 0.05) is 10.0 Å². The molecule has 0 radical (unpaired) electrons. The normalized spacial score (nSPS) is 10.4. The SMILES string of the molecule is COC(=O)c1c(-c2ccc(C(=O)O)c(Br)c2)nn(-c2ccccc2)c1C(=O)OC. The van der Waals surface area contributed by atoms with E-state index in [1.807, 2.05) is 0 Å². The van der Waals surface area contributed by atoms with Crippen LogP contribution in [0.4, 0.5) is 0 Å². The Balaban J connectivity index is 2.33. The molecule has 148 valence electrons. The van der Waals surface area contributed by atoms with Gasteiger partial charge in [0.2, 0.25) is 0 Å². The fourth-order valence-electron chi connectivity index (χ4n) is 2.79. The smallest absolute Gasteiger partial charge is 0.357 e. The maximum atomic E-state index is 12.6. The highest BCUT2D eigenvalue weighted by molar-refractivity contribution is 9.10. The van der Waals surface area contributed by atoms with Crippen molar-refractivity contribution in [3.05, 3.63) is 69.8 Å². The number of esters is 2. The van der Waals surface area contributed by atoms with Crippen molar-refractivity contribution in [3.63, 3.8) is 0 Å². The highest BCUT2D eigenvalue weighted by atomic mass is 79.9. The second-order valence-corrected chi connectivity index (χ2v) is 6.66. The Labute approximate surface area is 173 Å². The predicted molar refractivity (Wildman–Crippen MR) is 106 cm³/mol. The fraction of sp³-hybridized carbons (Fsp3) is 0.100. The molecule has 0 saturated carbocycles.